The van der Waals surface area contributed by atoms with Crippen LogP contribution in [0.15, 0.2) is 42.7 Å². The fraction of sp³-hybridized carbons (Fsp3) is 0.294. The number of anilines is 1. The number of halogens is 3. The van der Waals surface area contributed by atoms with Crippen molar-refractivity contribution in [1.29, 1.82) is 0 Å². The van der Waals surface area contributed by atoms with Gasteiger partial charge in [-0.2, -0.15) is 13.2 Å². The third kappa shape index (κ3) is 4.55. The molecule has 0 aliphatic carbocycles. The van der Waals surface area contributed by atoms with E-state index >= 15 is 0 Å². The summed E-state index contributed by atoms with van der Waals surface area (Å²) in [6.45, 7) is 1.53. The van der Waals surface area contributed by atoms with Crippen LogP contribution in [0, 0.1) is 0 Å². The molecule has 1 atom stereocenters. The Balaban J connectivity index is 2.01. The SMILES string of the molecule is CC(CC(=O)Nc1cnccc1CO)c1ccc(C(F)(F)F)cc1. The van der Waals surface area contributed by atoms with Crippen molar-refractivity contribution in [1.82, 2.24) is 4.98 Å². The van der Waals surface area contributed by atoms with Crippen molar-refractivity contribution in [2.75, 3.05) is 5.32 Å². The number of amides is 1. The maximum Gasteiger partial charge on any atom is 0.416 e. The Morgan fingerprint density at radius 1 is 1.25 bits per heavy atom. The molecule has 0 radical (unpaired) electrons. The maximum absolute atomic E-state index is 12.6. The second-order valence-corrected chi connectivity index (χ2v) is 5.46. The summed E-state index contributed by atoms with van der Waals surface area (Å²) in [5, 5.41) is 11.9. The van der Waals surface area contributed by atoms with Crippen LogP contribution in [0.2, 0.25) is 0 Å². The molecule has 0 spiro atoms. The molecule has 1 amide bonds. The number of nitrogens with one attached hydrogen (secondary N) is 1. The van der Waals surface area contributed by atoms with E-state index in [0.717, 1.165) is 12.1 Å². The quantitative estimate of drug-likeness (QED) is 0.873. The van der Waals surface area contributed by atoms with Crippen LogP contribution in [0.5, 0.6) is 0 Å². The normalized spacial score (nSPS) is 12.7. The molecule has 1 aromatic heterocycles. The number of carbonyl (C=O) groups excluding carboxylic acids is 1. The van der Waals surface area contributed by atoms with Gasteiger partial charge in [-0.1, -0.05) is 19.1 Å². The smallest absolute Gasteiger partial charge is 0.392 e. The number of hydrogen-bond donors (Lipinski definition) is 2. The average molecular weight is 338 g/mol. The van der Waals surface area contributed by atoms with Crippen LogP contribution in [-0.4, -0.2) is 16.0 Å². The Bertz CT molecular complexity index is 700. The standard InChI is InChI=1S/C17H17F3N2O2/c1-11(12-2-4-14(5-3-12)17(18,19)20)8-16(24)22-15-9-21-7-6-13(15)10-23/h2-7,9,11,23H,8,10H2,1H3,(H,22,24). The molecule has 0 fully saturated rings. The van der Waals surface area contributed by atoms with E-state index in [2.05, 4.69) is 10.3 Å². The van der Waals surface area contributed by atoms with E-state index in [-0.39, 0.29) is 24.9 Å². The van der Waals surface area contributed by atoms with Crippen LogP contribution < -0.4 is 5.32 Å². The monoisotopic (exact) mass is 338 g/mol. The van der Waals surface area contributed by atoms with Crippen LogP contribution in [0.4, 0.5) is 18.9 Å². The van der Waals surface area contributed by atoms with Gasteiger partial charge in [0.1, 0.15) is 0 Å². The van der Waals surface area contributed by atoms with E-state index in [0.29, 0.717) is 16.8 Å². The number of aliphatic hydroxyl groups excluding tert-OH is 1. The summed E-state index contributed by atoms with van der Waals surface area (Å²) < 4.78 is 37.7. The first-order chi connectivity index (χ1) is 11.3. The van der Waals surface area contributed by atoms with Gasteiger partial charge in [0.05, 0.1) is 24.1 Å². The van der Waals surface area contributed by atoms with Gasteiger partial charge >= 0.3 is 6.18 Å². The molecular weight excluding hydrogens is 321 g/mol. The number of carbonyl (C=O) groups is 1. The van der Waals surface area contributed by atoms with Gasteiger partial charge in [0, 0.05) is 18.2 Å². The van der Waals surface area contributed by atoms with E-state index in [4.69, 9.17) is 0 Å². The van der Waals surface area contributed by atoms with E-state index in [1.807, 2.05) is 0 Å². The van der Waals surface area contributed by atoms with E-state index in [9.17, 15) is 23.1 Å². The molecule has 0 aliphatic heterocycles. The molecule has 2 N–H and O–H groups in total. The van der Waals surface area contributed by atoms with Gasteiger partial charge in [0.2, 0.25) is 5.91 Å². The number of aromatic nitrogens is 1. The molecule has 1 unspecified atom stereocenters. The van der Waals surface area contributed by atoms with Crippen molar-refractivity contribution in [2.24, 2.45) is 0 Å². The van der Waals surface area contributed by atoms with Gasteiger partial charge in [-0.15, -0.1) is 0 Å². The Morgan fingerprint density at radius 3 is 2.50 bits per heavy atom. The van der Waals surface area contributed by atoms with Gasteiger partial charge < -0.3 is 10.4 Å². The zero-order valence-corrected chi connectivity index (χ0v) is 13.0. The molecule has 2 rings (SSSR count). The minimum Gasteiger partial charge on any atom is -0.392 e. The molecule has 7 heteroatoms. The Labute approximate surface area is 137 Å². The van der Waals surface area contributed by atoms with E-state index in [1.165, 1.54) is 24.5 Å². The number of alkyl halides is 3. The summed E-state index contributed by atoms with van der Waals surface area (Å²) in [5.41, 5.74) is 0.891. The summed E-state index contributed by atoms with van der Waals surface area (Å²) in [6.07, 6.45) is -1.33. The van der Waals surface area contributed by atoms with Crippen LogP contribution in [0.25, 0.3) is 0 Å². The second-order valence-electron chi connectivity index (χ2n) is 5.46. The predicted molar refractivity (Wildman–Crippen MR) is 83.3 cm³/mol. The number of nitrogens with zero attached hydrogens (tertiary/aromatic N) is 1. The number of rotatable bonds is 5. The molecule has 128 valence electrons. The summed E-state index contributed by atoms with van der Waals surface area (Å²) in [7, 11) is 0. The van der Waals surface area contributed by atoms with Crippen LogP contribution in [0.3, 0.4) is 0 Å². The molecule has 2 aromatic rings. The van der Waals surface area contributed by atoms with Gasteiger partial charge in [-0.25, -0.2) is 0 Å². The average Bonchev–Trinajstić information content (AvgIpc) is 2.54. The van der Waals surface area contributed by atoms with Gasteiger partial charge in [0.25, 0.3) is 0 Å². The summed E-state index contributed by atoms with van der Waals surface area (Å²) >= 11 is 0. The minimum atomic E-state index is -4.37. The number of benzene rings is 1. The summed E-state index contributed by atoms with van der Waals surface area (Å²) in [6, 6.07) is 6.37. The molecule has 1 aromatic carbocycles. The zero-order chi connectivity index (χ0) is 17.7. The topological polar surface area (TPSA) is 62.2 Å². The second kappa shape index (κ2) is 7.44. The number of pyridine rings is 1. The first-order valence-corrected chi connectivity index (χ1v) is 7.32. The van der Waals surface area contributed by atoms with Crippen molar-refractivity contribution in [3.05, 3.63) is 59.4 Å². The fourth-order valence-corrected chi connectivity index (χ4v) is 2.27. The van der Waals surface area contributed by atoms with Crippen LogP contribution in [-0.2, 0) is 17.6 Å². The summed E-state index contributed by atoms with van der Waals surface area (Å²) in [5.74, 6) is -0.549. The molecule has 0 aliphatic rings. The first kappa shape index (κ1) is 17.9. The van der Waals surface area contributed by atoms with Crippen molar-refractivity contribution >= 4 is 11.6 Å². The lowest BCUT2D eigenvalue weighted by Crippen LogP contribution is -2.16. The van der Waals surface area contributed by atoms with Gasteiger partial charge in [0.15, 0.2) is 0 Å². The molecule has 0 saturated heterocycles. The molecule has 0 bridgehead atoms. The van der Waals surface area contributed by atoms with Crippen LogP contribution >= 0.6 is 0 Å². The van der Waals surface area contributed by atoms with Crippen molar-refractivity contribution in [2.45, 2.75) is 32.0 Å². The highest BCUT2D eigenvalue weighted by molar-refractivity contribution is 5.91. The maximum atomic E-state index is 12.6. The lowest BCUT2D eigenvalue weighted by Gasteiger charge is -2.14. The van der Waals surface area contributed by atoms with Crippen molar-refractivity contribution < 1.29 is 23.1 Å². The number of hydrogen-bond acceptors (Lipinski definition) is 3. The van der Waals surface area contributed by atoms with Crippen LogP contribution in [0.1, 0.15) is 36.0 Å². The largest absolute Gasteiger partial charge is 0.416 e. The Morgan fingerprint density at radius 2 is 1.92 bits per heavy atom. The Hall–Kier alpha value is -2.41. The summed E-state index contributed by atoms with van der Waals surface area (Å²) in [4.78, 5) is 16.0. The predicted octanol–water partition coefficient (Wildman–Crippen LogP) is 3.73. The van der Waals surface area contributed by atoms with Gasteiger partial charge in [-0.05, 0) is 29.7 Å². The number of aliphatic hydroxyl groups is 1. The lowest BCUT2D eigenvalue weighted by atomic mass is 9.96. The molecule has 24 heavy (non-hydrogen) atoms. The first-order valence-electron chi connectivity index (χ1n) is 7.32. The Kier molecular flexibility index (Phi) is 5.56. The van der Waals surface area contributed by atoms with Crippen molar-refractivity contribution in [3.63, 3.8) is 0 Å². The molecule has 4 nitrogen and oxygen atoms in total. The zero-order valence-electron chi connectivity index (χ0n) is 13.0. The molecule has 0 saturated carbocycles. The third-order valence-corrected chi connectivity index (χ3v) is 3.65. The van der Waals surface area contributed by atoms with Crippen molar-refractivity contribution in [3.8, 4) is 0 Å². The van der Waals surface area contributed by atoms with E-state index in [1.54, 1.807) is 13.0 Å². The highest BCUT2D eigenvalue weighted by atomic mass is 19.4. The minimum absolute atomic E-state index is 0.102. The highest BCUT2D eigenvalue weighted by Crippen LogP contribution is 2.30. The molecular formula is C17H17F3N2O2. The van der Waals surface area contributed by atoms with E-state index < -0.39 is 11.7 Å². The lowest BCUT2D eigenvalue weighted by molar-refractivity contribution is -0.137. The highest BCUT2D eigenvalue weighted by Gasteiger charge is 2.30. The molecule has 1 heterocycles. The van der Waals surface area contributed by atoms with Gasteiger partial charge in [-0.3, -0.25) is 9.78 Å². The fourth-order valence-electron chi connectivity index (χ4n) is 2.27. The third-order valence-electron chi connectivity index (χ3n) is 3.65.